The minimum atomic E-state index is -2.25. The maximum Gasteiger partial charge on any atom is 0.410 e. The molecule has 5 aromatic carbocycles. The molecule has 0 aliphatic carbocycles. The molecule has 1 fully saturated rings. The lowest BCUT2D eigenvalue weighted by Crippen LogP contribution is -2.60. The summed E-state index contributed by atoms with van der Waals surface area (Å²) in [6.07, 6.45) is -17.1. The van der Waals surface area contributed by atoms with Gasteiger partial charge in [-0.05, 0) is 89.2 Å². The second-order valence-corrected chi connectivity index (χ2v) is 24.7. The molecular weight excluding hydrogens is 1320 g/mol. The summed E-state index contributed by atoms with van der Waals surface area (Å²) in [5, 5.41) is 121. The Kier molecular flexibility index (Phi) is 22.0. The molecular formula is C65H68Cl2N6O24. The maximum absolute atomic E-state index is 16.0. The molecule has 6 aliphatic heterocycles. The number of aliphatic hydroxyl groups is 6. The van der Waals surface area contributed by atoms with Crippen LogP contribution in [-0.4, -0.2) is 178 Å². The SMILES string of the molecule is C=CCOC(=O)N(C)[C@H](CC(C)C)C(=O)N[C@H]1C(=O)C[C@@H](CC(N)=O)C(=O)N[C@H]2C(=O)C[C@H]3C(=O)N[C@@H](C(=O)N[C@H](C(=O)O)c4cc(O)cc(O)c4-c4cc3ccc4O)[C@H](O)c3ccc(c(Cl)c3)Oc3cc2cc(c3OC2OC(CO)C(O)C(O)C2O)Oc2ccc(cc2Cl)[C@H]1O. The Labute approximate surface area is 561 Å². The molecule has 97 heavy (non-hydrogen) atoms. The molecule has 5 aromatic rings. The van der Waals surface area contributed by atoms with Crippen LogP contribution in [0.1, 0.15) is 97.6 Å². The van der Waals surface area contributed by atoms with Crippen molar-refractivity contribution >= 4 is 76.4 Å². The van der Waals surface area contributed by atoms with Crippen LogP contribution in [0.4, 0.5) is 4.79 Å². The molecule has 0 aromatic heterocycles. The van der Waals surface area contributed by atoms with Crippen LogP contribution >= 0.6 is 23.2 Å². The summed E-state index contributed by atoms with van der Waals surface area (Å²) in [5.41, 5.74) is 3.15. The number of ether oxygens (including phenoxy) is 5. The number of carboxylic acid groups (broad SMARTS) is 1. The van der Waals surface area contributed by atoms with Gasteiger partial charge in [0.25, 0.3) is 0 Å². The molecule has 6 aliphatic rings. The first kappa shape index (κ1) is 71.7. The van der Waals surface area contributed by atoms with E-state index in [1.165, 1.54) is 19.2 Å². The van der Waals surface area contributed by atoms with E-state index >= 15 is 19.2 Å². The number of ketones is 2. The normalized spacial score (nSPS) is 25.4. The highest BCUT2D eigenvalue weighted by molar-refractivity contribution is 6.32. The summed E-state index contributed by atoms with van der Waals surface area (Å²) < 4.78 is 30.2. The maximum atomic E-state index is 16.0. The van der Waals surface area contributed by atoms with Crippen molar-refractivity contribution in [2.75, 3.05) is 20.3 Å². The fourth-order valence-electron chi connectivity index (χ4n) is 11.7. The number of amides is 6. The van der Waals surface area contributed by atoms with Gasteiger partial charge in [0.2, 0.25) is 41.6 Å². The van der Waals surface area contributed by atoms with Gasteiger partial charge in [0.1, 0.15) is 96.1 Å². The standard InChI is InChI=1S/C65H68Cl2N6O24/c1-5-12-93-65(92)73(4)37(13-25(2)3)61(88)71-51-40(78)17-30(20-47(68)80)59(86)69-49-29-18-44(94-42-10-7-27(53(51)81)15-35(42)66)58(97-64-57(85)56(84)55(83)46(24-74)96-64)45(19-29)95-43-11-8-28(16-36(43)67)54(82)52-62(89)70-50(63(90)91)34-21-31(75)22-39(77)48(34)33-14-26(6-9-38(33)76)32(23-41(49)79)60(87)72-52/h5-11,14-16,18-19,21-22,25,30,32,37,46,49-57,64,74-77,81-85H,1,12-13,17,20,23-24H2,2-4H3,(H2,68,80)(H,69,86)(H,70,89)(H,71,88)(H,72,87)(H,90,91)/t30-,32+,37+,46?,49+,50-,51-,52+,53+,54+,55?,56?,57?,64?/m0/s1. The van der Waals surface area contributed by atoms with Crippen LogP contribution in [-0.2, 0) is 47.8 Å². The van der Waals surface area contributed by atoms with Crippen LogP contribution in [0.5, 0.6) is 46.0 Å². The highest BCUT2D eigenvalue weighted by Crippen LogP contribution is 2.50. The number of carboxylic acids is 1. The van der Waals surface area contributed by atoms with Gasteiger partial charge in [-0.15, -0.1) is 0 Å². The number of nitrogens with zero attached hydrogens (tertiary/aromatic N) is 1. The molecule has 11 rings (SSSR count). The molecule has 1 saturated heterocycles. The topological polar surface area (TPSA) is 479 Å². The number of benzene rings is 5. The average Bonchev–Trinajstić information content (AvgIpc) is 0.772. The first-order chi connectivity index (χ1) is 45.9. The zero-order chi connectivity index (χ0) is 70.8. The molecule has 32 heteroatoms. The molecule has 0 saturated carbocycles. The van der Waals surface area contributed by atoms with Gasteiger partial charge in [0.15, 0.2) is 29.1 Å². The summed E-state index contributed by atoms with van der Waals surface area (Å²) in [4.78, 5) is 132. The monoisotopic (exact) mass is 1390 g/mol. The number of primary amides is 1. The van der Waals surface area contributed by atoms with E-state index in [-0.39, 0.29) is 52.2 Å². The number of aromatic hydroxyl groups is 3. The number of fused-ring (bicyclic) bond motifs is 15. The number of nitrogens with one attached hydrogen (secondary N) is 4. The Morgan fingerprint density at radius 1 is 0.742 bits per heavy atom. The van der Waals surface area contributed by atoms with Crippen molar-refractivity contribution in [3.05, 3.63) is 129 Å². The minimum Gasteiger partial charge on any atom is -0.508 e. The average molecular weight is 1390 g/mol. The summed E-state index contributed by atoms with van der Waals surface area (Å²) in [7, 11) is 1.25. The highest BCUT2D eigenvalue weighted by Gasteiger charge is 2.47. The molecule has 16 N–H and O–H groups in total. The lowest BCUT2D eigenvalue weighted by Gasteiger charge is -2.39. The first-order valence-corrected chi connectivity index (χ1v) is 30.8. The molecule has 11 bridgehead atoms. The number of halogens is 2. The van der Waals surface area contributed by atoms with Crippen LogP contribution in [0, 0.1) is 11.8 Å². The number of likely N-dealkylation sites (N-methyl/N-ethyl adjacent to an activating group) is 1. The number of Topliss-reactive ketones (excluding diaryl/α,β-unsaturated/α-hetero) is 2. The molecule has 0 spiro atoms. The zero-order valence-electron chi connectivity index (χ0n) is 51.7. The number of nitrogens with two attached hydrogens (primary N) is 1. The largest absolute Gasteiger partial charge is 0.508 e. The third-order valence-corrected chi connectivity index (χ3v) is 17.3. The fraction of sp³-hybridized carbons (Fsp3) is 0.369. The fourth-order valence-corrected chi connectivity index (χ4v) is 12.1. The van der Waals surface area contributed by atoms with E-state index in [0.717, 1.165) is 77.7 Å². The van der Waals surface area contributed by atoms with Crippen molar-refractivity contribution in [1.82, 2.24) is 26.2 Å². The number of phenols is 3. The predicted molar refractivity (Wildman–Crippen MR) is 336 cm³/mol. The second-order valence-electron chi connectivity index (χ2n) is 23.9. The number of carbonyl (C=O) groups is 9. The number of hydrogen-bond donors (Lipinski definition) is 15. The summed E-state index contributed by atoms with van der Waals surface area (Å²) in [6.45, 7) is 5.77. The summed E-state index contributed by atoms with van der Waals surface area (Å²) in [5.74, 6) is -19.5. The Balaban J connectivity index is 1.30. The molecule has 6 amide bonds. The van der Waals surface area contributed by atoms with Gasteiger partial charge in [0.05, 0.1) is 28.5 Å². The van der Waals surface area contributed by atoms with Gasteiger partial charge in [-0.3, -0.25) is 38.5 Å². The number of aliphatic carboxylic acids is 1. The quantitative estimate of drug-likeness (QED) is 0.0754. The number of rotatable bonds is 13. The van der Waals surface area contributed by atoms with E-state index in [4.69, 9.17) is 52.6 Å². The Morgan fingerprint density at radius 2 is 1.37 bits per heavy atom. The van der Waals surface area contributed by atoms with Gasteiger partial charge in [-0.1, -0.05) is 67.9 Å². The number of aliphatic hydroxyl groups excluding tert-OH is 6. The Bertz CT molecular complexity index is 3960. The van der Waals surface area contributed by atoms with Crippen molar-refractivity contribution in [3.8, 4) is 57.1 Å². The van der Waals surface area contributed by atoms with E-state index in [1.807, 2.05) is 0 Å². The third kappa shape index (κ3) is 15.5. The highest BCUT2D eigenvalue weighted by atomic mass is 35.5. The molecule has 6 heterocycles. The van der Waals surface area contributed by atoms with E-state index in [9.17, 15) is 75.0 Å². The lowest BCUT2D eigenvalue weighted by atomic mass is 9.84. The van der Waals surface area contributed by atoms with Crippen LogP contribution in [0.25, 0.3) is 11.1 Å². The zero-order valence-corrected chi connectivity index (χ0v) is 53.2. The molecule has 0 radical (unpaired) electrons. The first-order valence-electron chi connectivity index (χ1n) is 30.0. The second kappa shape index (κ2) is 29.8. The molecule has 14 atom stereocenters. The van der Waals surface area contributed by atoms with Gasteiger partial charge < -0.3 is 102 Å². The van der Waals surface area contributed by atoms with Crippen LogP contribution < -0.4 is 41.2 Å². The molecule has 516 valence electrons. The number of phenolic OH excluding ortho intramolecular Hbond substituents is 3. The van der Waals surface area contributed by atoms with E-state index in [0.29, 0.717) is 0 Å². The summed E-state index contributed by atoms with van der Waals surface area (Å²) in [6, 6.07) is 3.53. The smallest absolute Gasteiger partial charge is 0.410 e. The van der Waals surface area contributed by atoms with Crippen LogP contribution in [0.2, 0.25) is 10.0 Å². The Morgan fingerprint density at radius 3 is 1.96 bits per heavy atom. The van der Waals surface area contributed by atoms with E-state index in [2.05, 4.69) is 27.8 Å². The molecule has 5 unspecified atom stereocenters. The van der Waals surface area contributed by atoms with Gasteiger partial charge in [-0.25, -0.2) is 9.59 Å². The van der Waals surface area contributed by atoms with Crippen molar-refractivity contribution < 1.29 is 118 Å². The van der Waals surface area contributed by atoms with Crippen molar-refractivity contribution in [2.45, 2.75) is 119 Å². The minimum absolute atomic E-state index is 0.0404. The van der Waals surface area contributed by atoms with E-state index < -0.39 is 226 Å². The predicted octanol–water partition coefficient (Wildman–Crippen LogP) is 2.88. The van der Waals surface area contributed by atoms with Gasteiger partial charge >= 0.3 is 12.1 Å². The molecule has 30 nitrogen and oxygen atoms in total. The lowest BCUT2D eigenvalue weighted by molar-refractivity contribution is -0.277. The van der Waals surface area contributed by atoms with Crippen molar-refractivity contribution in [3.63, 3.8) is 0 Å². The Hall–Kier alpha value is -9.63. The van der Waals surface area contributed by atoms with Gasteiger partial charge in [0, 0.05) is 49.1 Å². The number of hydrogen-bond acceptors (Lipinski definition) is 23. The van der Waals surface area contributed by atoms with Crippen molar-refractivity contribution in [2.24, 2.45) is 17.6 Å². The van der Waals surface area contributed by atoms with Crippen molar-refractivity contribution in [1.29, 1.82) is 0 Å². The van der Waals surface area contributed by atoms with E-state index in [1.54, 1.807) is 13.8 Å². The third-order valence-electron chi connectivity index (χ3n) is 16.7. The van der Waals surface area contributed by atoms with Crippen LogP contribution in [0.15, 0.2) is 91.5 Å². The number of carbonyl (C=O) groups excluding carboxylic acids is 8. The summed E-state index contributed by atoms with van der Waals surface area (Å²) >= 11 is 13.9. The van der Waals surface area contributed by atoms with Gasteiger partial charge in [-0.2, -0.15) is 0 Å². The van der Waals surface area contributed by atoms with Crippen LogP contribution in [0.3, 0.4) is 0 Å².